The van der Waals surface area contributed by atoms with Gasteiger partial charge < -0.3 is 0 Å². The minimum absolute atomic E-state index is 0.0878. The van der Waals surface area contributed by atoms with E-state index in [1.165, 1.54) is 28.6 Å². The van der Waals surface area contributed by atoms with Crippen molar-refractivity contribution in [2.24, 2.45) is 0 Å². The summed E-state index contributed by atoms with van der Waals surface area (Å²) >= 11 is 0. The molecule has 0 unspecified atom stereocenters. The van der Waals surface area contributed by atoms with E-state index in [4.69, 9.17) is 0 Å². The van der Waals surface area contributed by atoms with Crippen LogP contribution in [0.3, 0.4) is 0 Å². The Hall–Kier alpha value is -0.960. The zero-order valence-electron chi connectivity index (χ0n) is 13.5. The highest BCUT2D eigenvalue weighted by Gasteiger charge is 2.27. The maximum absolute atomic E-state index is 12.4. The monoisotopic (exact) mass is 360 g/mol. The van der Waals surface area contributed by atoms with Crippen molar-refractivity contribution < 1.29 is 16.8 Å². The van der Waals surface area contributed by atoms with Crippen LogP contribution in [0.25, 0.3) is 0 Å². The van der Waals surface area contributed by atoms with Crippen LogP contribution in [-0.4, -0.2) is 40.3 Å². The molecule has 1 aromatic carbocycles. The third kappa shape index (κ3) is 4.12. The summed E-state index contributed by atoms with van der Waals surface area (Å²) in [6, 6.07) is 5.33. The lowest BCUT2D eigenvalue weighted by atomic mass is 10.2. The molecule has 2 rings (SSSR count). The first kappa shape index (κ1) is 18.4. The maximum atomic E-state index is 12.4. The van der Waals surface area contributed by atoms with Gasteiger partial charge in [0.25, 0.3) is 0 Å². The van der Waals surface area contributed by atoms with Gasteiger partial charge >= 0.3 is 0 Å². The Morgan fingerprint density at radius 3 is 1.91 bits per heavy atom. The first-order valence-corrected chi connectivity index (χ1v) is 10.9. The molecule has 0 aromatic heterocycles. The highest BCUT2D eigenvalue weighted by molar-refractivity contribution is 7.89. The van der Waals surface area contributed by atoms with Gasteiger partial charge in [-0.25, -0.2) is 21.6 Å². The molecule has 130 valence electrons. The third-order valence-corrected chi connectivity index (χ3v) is 7.59. The van der Waals surface area contributed by atoms with Crippen LogP contribution in [0.4, 0.5) is 0 Å². The van der Waals surface area contributed by atoms with Gasteiger partial charge in [-0.1, -0.05) is 13.8 Å². The van der Waals surface area contributed by atoms with Gasteiger partial charge in [-0.15, -0.1) is 0 Å². The highest BCUT2D eigenvalue weighted by Crippen LogP contribution is 2.22. The summed E-state index contributed by atoms with van der Waals surface area (Å²) in [7, 11) is -7.14. The Labute approximate surface area is 139 Å². The maximum Gasteiger partial charge on any atom is 0.243 e. The predicted octanol–water partition coefficient (Wildman–Crippen LogP) is 1.94. The van der Waals surface area contributed by atoms with Crippen molar-refractivity contribution in [3.63, 3.8) is 0 Å². The highest BCUT2D eigenvalue weighted by atomic mass is 32.2. The first-order valence-electron chi connectivity index (χ1n) is 7.93. The fourth-order valence-corrected chi connectivity index (χ4v) is 5.53. The minimum atomic E-state index is -3.62. The van der Waals surface area contributed by atoms with Gasteiger partial charge in [0.1, 0.15) is 0 Å². The summed E-state index contributed by atoms with van der Waals surface area (Å²) < 4.78 is 53.5. The molecule has 1 fully saturated rings. The number of rotatable bonds is 7. The fourth-order valence-electron chi connectivity index (χ4n) is 2.61. The average Bonchev–Trinajstić information content (AvgIpc) is 3.08. The lowest BCUT2D eigenvalue weighted by molar-refractivity contribution is 0.477. The molecule has 0 radical (unpaired) electrons. The molecule has 0 amide bonds. The van der Waals surface area contributed by atoms with Crippen molar-refractivity contribution in [2.75, 3.05) is 13.1 Å². The lowest BCUT2D eigenvalue weighted by Gasteiger charge is -2.17. The van der Waals surface area contributed by atoms with Gasteiger partial charge in [-0.2, -0.15) is 4.31 Å². The second-order valence-electron chi connectivity index (χ2n) is 5.72. The number of hydrogen-bond acceptors (Lipinski definition) is 4. The summed E-state index contributed by atoms with van der Waals surface area (Å²) in [4.78, 5) is 0.227. The van der Waals surface area contributed by atoms with E-state index in [2.05, 4.69) is 4.72 Å². The van der Waals surface area contributed by atoms with Gasteiger partial charge in [-0.05, 0) is 49.9 Å². The van der Waals surface area contributed by atoms with Crippen molar-refractivity contribution >= 4 is 20.0 Å². The van der Waals surface area contributed by atoms with Crippen molar-refractivity contribution in [3.05, 3.63) is 24.3 Å². The predicted molar refractivity (Wildman–Crippen MR) is 89.1 cm³/mol. The van der Waals surface area contributed by atoms with Gasteiger partial charge in [-0.3, -0.25) is 0 Å². The molecule has 1 aliphatic heterocycles. The van der Waals surface area contributed by atoms with Gasteiger partial charge in [0.15, 0.2) is 0 Å². The summed E-state index contributed by atoms with van der Waals surface area (Å²) in [5.41, 5.74) is 0. The van der Waals surface area contributed by atoms with Gasteiger partial charge in [0.05, 0.1) is 9.79 Å². The number of sulfonamides is 2. The second kappa shape index (κ2) is 7.29. The molecule has 1 saturated heterocycles. The molecule has 0 aliphatic carbocycles. The number of nitrogens with zero attached hydrogens (tertiary/aromatic N) is 1. The molecule has 23 heavy (non-hydrogen) atoms. The van der Waals surface area contributed by atoms with Crippen LogP contribution >= 0.6 is 0 Å². The largest absolute Gasteiger partial charge is 0.243 e. The van der Waals surface area contributed by atoms with Crippen LogP contribution < -0.4 is 4.72 Å². The standard InChI is InChI=1S/C15H24N2O4S2/c1-3-13(4-2)16-22(18,19)14-7-9-15(10-8-14)23(20,21)17-11-5-6-12-17/h7-10,13,16H,3-6,11-12H2,1-2H3. The minimum Gasteiger partial charge on any atom is -0.208 e. The number of benzene rings is 1. The Bertz CT molecular complexity index is 717. The summed E-state index contributed by atoms with van der Waals surface area (Å²) in [6.45, 7) is 4.89. The van der Waals surface area contributed by atoms with E-state index in [1.807, 2.05) is 13.8 Å². The van der Waals surface area contributed by atoms with E-state index in [-0.39, 0.29) is 15.8 Å². The Morgan fingerprint density at radius 1 is 0.957 bits per heavy atom. The molecule has 6 nitrogen and oxygen atoms in total. The third-order valence-electron chi connectivity index (χ3n) is 4.14. The van der Waals surface area contributed by atoms with Gasteiger partial charge in [0.2, 0.25) is 20.0 Å². The zero-order valence-corrected chi connectivity index (χ0v) is 15.2. The topological polar surface area (TPSA) is 83.5 Å². The zero-order chi connectivity index (χ0) is 17.1. The molecule has 1 aliphatic rings. The molecule has 0 atom stereocenters. The van der Waals surface area contributed by atoms with Crippen LogP contribution in [-0.2, 0) is 20.0 Å². The van der Waals surface area contributed by atoms with Crippen LogP contribution in [0.15, 0.2) is 34.1 Å². The van der Waals surface area contributed by atoms with E-state index < -0.39 is 20.0 Å². The van der Waals surface area contributed by atoms with Crippen LogP contribution in [0.2, 0.25) is 0 Å². The Morgan fingerprint density at radius 2 is 1.43 bits per heavy atom. The lowest BCUT2D eigenvalue weighted by Crippen LogP contribution is -2.33. The Balaban J connectivity index is 2.22. The summed E-state index contributed by atoms with van der Waals surface area (Å²) in [5.74, 6) is 0. The van der Waals surface area contributed by atoms with Crippen LogP contribution in [0.5, 0.6) is 0 Å². The Kier molecular flexibility index (Phi) is 5.83. The van der Waals surface area contributed by atoms with E-state index in [9.17, 15) is 16.8 Å². The van der Waals surface area contributed by atoms with E-state index in [0.717, 1.165) is 12.8 Å². The molecule has 0 spiro atoms. The molecular weight excluding hydrogens is 336 g/mol. The molecule has 1 N–H and O–H groups in total. The SMILES string of the molecule is CCC(CC)NS(=O)(=O)c1ccc(S(=O)(=O)N2CCCC2)cc1. The molecule has 8 heteroatoms. The van der Waals surface area contributed by atoms with E-state index in [0.29, 0.717) is 25.9 Å². The second-order valence-corrected chi connectivity index (χ2v) is 9.37. The van der Waals surface area contributed by atoms with E-state index >= 15 is 0 Å². The fraction of sp³-hybridized carbons (Fsp3) is 0.600. The number of hydrogen-bond donors (Lipinski definition) is 1. The smallest absolute Gasteiger partial charge is 0.208 e. The van der Waals surface area contributed by atoms with Crippen LogP contribution in [0, 0.1) is 0 Å². The molecule has 1 aromatic rings. The summed E-state index contributed by atoms with van der Waals surface area (Å²) in [5, 5.41) is 0. The summed E-state index contributed by atoms with van der Waals surface area (Å²) in [6.07, 6.45) is 3.14. The molecule has 1 heterocycles. The van der Waals surface area contributed by atoms with Crippen molar-refractivity contribution in [2.45, 2.75) is 55.4 Å². The number of nitrogens with one attached hydrogen (secondary N) is 1. The quantitative estimate of drug-likeness (QED) is 0.805. The normalized spacial score (nSPS) is 17.0. The van der Waals surface area contributed by atoms with E-state index in [1.54, 1.807) is 0 Å². The first-order chi connectivity index (χ1) is 10.8. The molecule has 0 saturated carbocycles. The van der Waals surface area contributed by atoms with Crippen molar-refractivity contribution in [1.82, 2.24) is 9.03 Å². The van der Waals surface area contributed by atoms with Crippen molar-refractivity contribution in [3.8, 4) is 0 Å². The average molecular weight is 361 g/mol. The molecular formula is C15H24N2O4S2. The van der Waals surface area contributed by atoms with Crippen molar-refractivity contribution in [1.29, 1.82) is 0 Å². The van der Waals surface area contributed by atoms with Gasteiger partial charge in [0, 0.05) is 19.1 Å². The van der Waals surface area contributed by atoms with Crippen LogP contribution in [0.1, 0.15) is 39.5 Å². The molecule has 0 bridgehead atoms.